The van der Waals surface area contributed by atoms with E-state index in [1.54, 1.807) is 11.3 Å². The standard InChI is InChI=1S/C11H17NO2S/c1-2-8-3-4-15-11(8)5-12-9-6-14-7-10(9)13/h3-4,9-10,12-13H,2,5-7H2,1H3. The summed E-state index contributed by atoms with van der Waals surface area (Å²) in [6.07, 6.45) is 0.722. The zero-order chi connectivity index (χ0) is 10.7. The first-order chi connectivity index (χ1) is 7.31. The van der Waals surface area contributed by atoms with Gasteiger partial charge < -0.3 is 15.2 Å². The lowest BCUT2D eigenvalue weighted by Crippen LogP contribution is -2.38. The molecule has 1 saturated heterocycles. The molecule has 3 nitrogen and oxygen atoms in total. The van der Waals surface area contributed by atoms with E-state index in [1.807, 2.05) is 0 Å². The Kier molecular flexibility index (Phi) is 3.75. The van der Waals surface area contributed by atoms with Gasteiger partial charge in [-0.15, -0.1) is 11.3 Å². The Morgan fingerprint density at radius 1 is 1.60 bits per heavy atom. The lowest BCUT2D eigenvalue weighted by Gasteiger charge is -2.14. The third kappa shape index (κ3) is 2.58. The molecule has 2 N–H and O–H groups in total. The van der Waals surface area contributed by atoms with Crippen LogP contribution < -0.4 is 5.32 Å². The molecule has 0 aliphatic carbocycles. The van der Waals surface area contributed by atoms with Gasteiger partial charge in [0.2, 0.25) is 0 Å². The minimum Gasteiger partial charge on any atom is -0.389 e. The largest absolute Gasteiger partial charge is 0.389 e. The molecular formula is C11H17NO2S. The van der Waals surface area contributed by atoms with Crippen molar-refractivity contribution in [1.82, 2.24) is 5.32 Å². The third-order valence-electron chi connectivity index (χ3n) is 2.79. The molecule has 2 rings (SSSR count). The van der Waals surface area contributed by atoms with Crippen molar-refractivity contribution in [3.63, 3.8) is 0 Å². The molecule has 84 valence electrons. The summed E-state index contributed by atoms with van der Waals surface area (Å²) in [7, 11) is 0. The van der Waals surface area contributed by atoms with Crippen LogP contribution in [0.25, 0.3) is 0 Å². The number of ether oxygens (including phenoxy) is 1. The van der Waals surface area contributed by atoms with Crippen molar-refractivity contribution in [3.8, 4) is 0 Å². The highest BCUT2D eigenvalue weighted by Crippen LogP contribution is 2.17. The van der Waals surface area contributed by atoms with Crippen LogP contribution in [-0.2, 0) is 17.7 Å². The Morgan fingerprint density at radius 3 is 3.13 bits per heavy atom. The molecule has 15 heavy (non-hydrogen) atoms. The van der Waals surface area contributed by atoms with Crippen molar-refractivity contribution in [2.45, 2.75) is 32.0 Å². The lowest BCUT2D eigenvalue weighted by atomic mass is 10.2. The molecule has 1 aromatic heterocycles. The first-order valence-corrected chi connectivity index (χ1v) is 6.23. The smallest absolute Gasteiger partial charge is 0.0948 e. The second kappa shape index (κ2) is 5.07. The van der Waals surface area contributed by atoms with Gasteiger partial charge in [-0.05, 0) is 23.4 Å². The van der Waals surface area contributed by atoms with Gasteiger partial charge in [0.25, 0.3) is 0 Å². The van der Waals surface area contributed by atoms with Crippen LogP contribution in [0.5, 0.6) is 0 Å². The van der Waals surface area contributed by atoms with Gasteiger partial charge in [0.05, 0.1) is 25.4 Å². The minimum atomic E-state index is -0.352. The molecular weight excluding hydrogens is 210 g/mol. The second-order valence-electron chi connectivity index (χ2n) is 3.81. The highest BCUT2D eigenvalue weighted by atomic mass is 32.1. The van der Waals surface area contributed by atoms with Gasteiger partial charge in [-0.1, -0.05) is 6.92 Å². The van der Waals surface area contributed by atoms with Gasteiger partial charge in [0.1, 0.15) is 0 Å². The van der Waals surface area contributed by atoms with E-state index < -0.39 is 0 Å². The molecule has 0 amide bonds. The molecule has 1 aliphatic heterocycles. The summed E-state index contributed by atoms with van der Waals surface area (Å²) >= 11 is 1.77. The number of thiophene rings is 1. The lowest BCUT2D eigenvalue weighted by molar-refractivity contribution is 0.122. The minimum absolute atomic E-state index is 0.0943. The van der Waals surface area contributed by atoms with Crippen molar-refractivity contribution >= 4 is 11.3 Å². The van der Waals surface area contributed by atoms with Crippen molar-refractivity contribution in [2.24, 2.45) is 0 Å². The summed E-state index contributed by atoms with van der Waals surface area (Å²) in [5, 5.41) is 15.0. The Hall–Kier alpha value is -0.420. The number of aliphatic hydroxyl groups excluding tert-OH is 1. The number of aliphatic hydroxyl groups is 1. The van der Waals surface area contributed by atoms with E-state index in [4.69, 9.17) is 4.74 Å². The van der Waals surface area contributed by atoms with Gasteiger partial charge in [-0.3, -0.25) is 0 Å². The van der Waals surface area contributed by atoms with Gasteiger partial charge in [0.15, 0.2) is 0 Å². The molecule has 2 atom stereocenters. The topological polar surface area (TPSA) is 41.5 Å². The summed E-state index contributed by atoms with van der Waals surface area (Å²) in [4.78, 5) is 1.37. The summed E-state index contributed by atoms with van der Waals surface area (Å²) in [6, 6.07) is 2.26. The number of nitrogens with one attached hydrogen (secondary N) is 1. The number of hydrogen-bond acceptors (Lipinski definition) is 4. The van der Waals surface area contributed by atoms with Crippen LogP contribution in [0.4, 0.5) is 0 Å². The van der Waals surface area contributed by atoms with Crippen LogP contribution >= 0.6 is 11.3 Å². The maximum atomic E-state index is 9.56. The molecule has 4 heteroatoms. The molecule has 1 aromatic rings. The third-order valence-corrected chi connectivity index (χ3v) is 3.76. The average Bonchev–Trinajstić information content (AvgIpc) is 2.83. The predicted octanol–water partition coefficient (Wildman–Crippen LogP) is 1.16. The Morgan fingerprint density at radius 2 is 2.47 bits per heavy atom. The highest BCUT2D eigenvalue weighted by molar-refractivity contribution is 7.10. The van der Waals surface area contributed by atoms with Crippen LogP contribution in [0.3, 0.4) is 0 Å². The SMILES string of the molecule is CCc1ccsc1CNC1COCC1O. The van der Waals surface area contributed by atoms with E-state index in [-0.39, 0.29) is 12.1 Å². The maximum absolute atomic E-state index is 9.56. The number of rotatable bonds is 4. The van der Waals surface area contributed by atoms with Gasteiger partial charge in [0, 0.05) is 11.4 Å². The molecule has 0 aromatic carbocycles. The number of aryl methyl sites for hydroxylation is 1. The molecule has 0 saturated carbocycles. The quantitative estimate of drug-likeness (QED) is 0.811. The van der Waals surface area contributed by atoms with Crippen molar-refractivity contribution in [2.75, 3.05) is 13.2 Å². The Bertz CT molecular complexity index is 313. The van der Waals surface area contributed by atoms with E-state index in [1.165, 1.54) is 10.4 Å². The fraction of sp³-hybridized carbons (Fsp3) is 0.636. The molecule has 1 aliphatic rings. The van der Waals surface area contributed by atoms with Crippen LogP contribution in [0.1, 0.15) is 17.4 Å². The molecule has 0 radical (unpaired) electrons. The molecule has 1 fully saturated rings. The normalized spacial score (nSPS) is 26.0. The monoisotopic (exact) mass is 227 g/mol. The molecule has 0 spiro atoms. The highest BCUT2D eigenvalue weighted by Gasteiger charge is 2.25. The van der Waals surface area contributed by atoms with E-state index in [2.05, 4.69) is 23.7 Å². The van der Waals surface area contributed by atoms with Crippen molar-refractivity contribution in [1.29, 1.82) is 0 Å². The molecule has 2 unspecified atom stereocenters. The van der Waals surface area contributed by atoms with Gasteiger partial charge in [-0.25, -0.2) is 0 Å². The number of hydrogen-bond donors (Lipinski definition) is 2. The zero-order valence-corrected chi connectivity index (χ0v) is 9.72. The van der Waals surface area contributed by atoms with Crippen LogP contribution in [0.2, 0.25) is 0 Å². The summed E-state index contributed by atoms with van der Waals surface area (Å²) < 4.78 is 5.19. The summed E-state index contributed by atoms with van der Waals surface area (Å²) in [5.74, 6) is 0. The zero-order valence-electron chi connectivity index (χ0n) is 8.90. The summed E-state index contributed by atoms with van der Waals surface area (Å²) in [6.45, 7) is 4.09. The van der Waals surface area contributed by atoms with E-state index >= 15 is 0 Å². The molecule has 0 bridgehead atoms. The van der Waals surface area contributed by atoms with Crippen molar-refractivity contribution in [3.05, 3.63) is 21.9 Å². The fourth-order valence-corrected chi connectivity index (χ4v) is 2.73. The second-order valence-corrected chi connectivity index (χ2v) is 4.82. The Labute approximate surface area is 94.1 Å². The predicted molar refractivity (Wildman–Crippen MR) is 61.2 cm³/mol. The van der Waals surface area contributed by atoms with Gasteiger partial charge in [-0.2, -0.15) is 0 Å². The molecule has 2 heterocycles. The fourth-order valence-electron chi connectivity index (χ4n) is 1.80. The Balaban J connectivity index is 1.87. The van der Waals surface area contributed by atoms with Crippen molar-refractivity contribution < 1.29 is 9.84 Å². The maximum Gasteiger partial charge on any atom is 0.0948 e. The van der Waals surface area contributed by atoms with Crippen LogP contribution in [0.15, 0.2) is 11.4 Å². The van der Waals surface area contributed by atoms with Crippen LogP contribution in [0, 0.1) is 0 Å². The van der Waals surface area contributed by atoms with E-state index in [0.717, 1.165) is 13.0 Å². The first-order valence-electron chi connectivity index (χ1n) is 5.35. The van der Waals surface area contributed by atoms with E-state index in [9.17, 15) is 5.11 Å². The average molecular weight is 227 g/mol. The van der Waals surface area contributed by atoms with E-state index in [0.29, 0.717) is 13.2 Å². The summed E-state index contributed by atoms with van der Waals surface area (Å²) in [5.41, 5.74) is 1.40. The first kappa shape index (κ1) is 11.1. The van der Waals surface area contributed by atoms with Gasteiger partial charge >= 0.3 is 0 Å². The van der Waals surface area contributed by atoms with Crippen LogP contribution in [-0.4, -0.2) is 30.5 Å².